The minimum atomic E-state index is -0.499. The predicted molar refractivity (Wildman–Crippen MR) is 103 cm³/mol. The van der Waals surface area contributed by atoms with Gasteiger partial charge in [-0.3, -0.25) is 4.79 Å². The molecule has 0 aromatic carbocycles. The molecule has 1 saturated heterocycles. The number of likely N-dealkylation sites (tertiary alicyclic amines) is 1. The first-order valence-electron chi connectivity index (χ1n) is 9.21. The third-order valence-electron chi connectivity index (χ3n) is 3.73. The lowest BCUT2D eigenvalue weighted by molar-refractivity contribution is -0.127. The Labute approximate surface area is 157 Å². The third kappa shape index (κ3) is 8.40. The van der Waals surface area contributed by atoms with E-state index in [-0.39, 0.29) is 24.6 Å². The van der Waals surface area contributed by atoms with Crippen molar-refractivity contribution < 1.29 is 14.3 Å². The van der Waals surface area contributed by atoms with Crippen LogP contribution in [0, 0.1) is 5.92 Å². The number of guanidine groups is 1. The molecule has 0 aliphatic carbocycles. The van der Waals surface area contributed by atoms with Crippen molar-refractivity contribution in [2.75, 3.05) is 40.3 Å². The summed E-state index contributed by atoms with van der Waals surface area (Å²) in [6, 6.07) is 0.0791. The molecule has 1 aliphatic heterocycles. The second-order valence-corrected chi connectivity index (χ2v) is 8.28. The maximum atomic E-state index is 12.2. The van der Waals surface area contributed by atoms with E-state index >= 15 is 0 Å². The molecule has 1 fully saturated rings. The average molecular weight is 370 g/mol. The van der Waals surface area contributed by atoms with E-state index in [2.05, 4.69) is 29.5 Å². The van der Waals surface area contributed by atoms with Crippen molar-refractivity contribution in [1.29, 1.82) is 0 Å². The summed E-state index contributed by atoms with van der Waals surface area (Å²) < 4.78 is 5.42. The molecule has 1 atom stereocenters. The maximum Gasteiger partial charge on any atom is 0.410 e. The number of likely N-dealkylation sites (N-methyl/N-ethyl adjacent to an activating group) is 1. The molecule has 2 N–H and O–H groups in total. The second-order valence-electron chi connectivity index (χ2n) is 8.28. The van der Waals surface area contributed by atoms with Gasteiger partial charge in [-0.25, -0.2) is 9.79 Å². The monoisotopic (exact) mass is 369 g/mol. The molecule has 1 heterocycles. The largest absolute Gasteiger partial charge is 0.444 e. The maximum absolute atomic E-state index is 12.2. The molecule has 0 saturated carbocycles. The molecule has 1 aliphatic rings. The summed E-state index contributed by atoms with van der Waals surface area (Å²) in [6.07, 6.45) is 0.515. The Morgan fingerprint density at radius 1 is 1.31 bits per heavy atom. The third-order valence-corrected chi connectivity index (χ3v) is 3.73. The number of nitrogens with zero attached hydrogens (tertiary/aromatic N) is 3. The lowest BCUT2D eigenvalue weighted by atomic mass is 10.2. The van der Waals surface area contributed by atoms with Gasteiger partial charge in [-0.05, 0) is 33.1 Å². The lowest BCUT2D eigenvalue weighted by Crippen LogP contribution is -2.46. The Hall–Kier alpha value is -1.99. The normalized spacial score (nSPS) is 18.1. The molecule has 2 amide bonds. The highest BCUT2D eigenvalue weighted by Gasteiger charge is 2.30. The van der Waals surface area contributed by atoms with Crippen molar-refractivity contribution in [3.8, 4) is 0 Å². The molecule has 1 unspecified atom stereocenters. The SMILES string of the molecule is CC(C)CNC(=NCC(=O)N(C)C)NC1CCN(C(=O)OC(C)(C)C)C1. The van der Waals surface area contributed by atoms with Crippen LogP contribution in [0.5, 0.6) is 0 Å². The highest BCUT2D eigenvalue weighted by molar-refractivity contribution is 5.85. The van der Waals surface area contributed by atoms with E-state index in [0.717, 1.165) is 13.0 Å². The molecule has 8 heteroatoms. The van der Waals surface area contributed by atoms with Gasteiger partial charge < -0.3 is 25.2 Å². The Bertz CT molecular complexity index is 511. The lowest BCUT2D eigenvalue weighted by Gasteiger charge is -2.24. The van der Waals surface area contributed by atoms with Gasteiger partial charge in [0.15, 0.2) is 5.96 Å². The van der Waals surface area contributed by atoms with Gasteiger partial charge in [0.05, 0.1) is 0 Å². The number of hydrogen-bond donors (Lipinski definition) is 2. The fraction of sp³-hybridized carbons (Fsp3) is 0.833. The first kappa shape index (κ1) is 22.1. The summed E-state index contributed by atoms with van der Waals surface area (Å²) in [7, 11) is 3.42. The van der Waals surface area contributed by atoms with Crippen LogP contribution in [-0.4, -0.2) is 79.7 Å². The van der Waals surface area contributed by atoms with Crippen LogP contribution < -0.4 is 10.6 Å². The Morgan fingerprint density at radius 3 is 2.50 bits per heavy atom. The number of ether oxygens (including phenoxy) is 1. The van der Waals surface area contributed by atoms with Crippen molar-refractivity contribution in [2.24, 2.45) is 10.9 Å². The van der Waals surface area contributed by atoms with Crippen LogP contribution in [0.25, 0.3) is 0 Å². The minimum absolute atomic E-state index is 0.0579. The topological polar surface area (TPSA) is 86.3 Å². The summed E-state index contributed by atoms with van der Waals surface area (Å²) in [5, 5.41) is 6.59. The summed E-state index contributed by atoms with van der Waals surface area (Å²) in [5.74, 6) is 0.996. The Kier molecular flexibility index (Phi) is 8.17. The molecule has 0 aromatic heterocycles. The second kappa shape index (κ2) is 9.64. The average Bonchev–Trinajstić information content (AvgIpc) is 2.96. The number of carbonyl (C=O) groups excluding carboxylic acids is 2. The molecular weight excluding hydrogens is 334 g/mol. The zero-order valence-electron chi connectivity index (χ0n) is 17.3. The van der Waals surface area contributed by atoms with Gasteiger partial charge in [0, 0.05) is 39.8 Å². The Balaban J connectivity index is 2.63. The van der Waals surface area contributed by atoms with E-state index in [0.29, 0.717) is 25.0 Å². The van der Waals surface area contributed by atoms with Crippen LogP contribution >= 0.6 is 0 Å². The van der Waals surface area contributed by atoms with E-state index in [4.69, 9.17) is 4.74 Å². The van der Waals surface area contributed by atoms with Crippen molar-refractivity contribution >= 4 is 18.0 Å². The number of carbonyl (C=O) groups is 2. The van der Waals surface area contributed by atoms with Gasteiger partial charge in [-0.2, -0.15) is 0 Å². The fourth-order valence-corrected chi connectivity index (χ4v) is 2.31. The Morgan fingerprint density at radius 2 is 1.96 bits per heavy atom. The molecule has 0 spiro atoms. The quantitative estimate of drug-likeness (QED) is 0.563. The highest BCUT2D eigenvalue weighted by atomic mass is 16.6. The van der Waals surface area contributed by atoms with Gasteiger partial charge >= 0.3 is 6.09 Å². The van der Waals surface area contributed by atoms with Crippen molar-refractivity contribution in [3.63, 3.8) is 0 Å². The molecule has 8 nitrogen and oxygen atoms in total. The molecular formula is C18H35N5O3. The van der Waals surface area contributed by atoms with Gasteiger partial charge in [0.25, 0.3) is 0 Å². The molecule has 1 rings (SSSR count). The zero-order valence-corrected chi connectivity index (χ0v) is 17.3. The number of amides is 2. The summed E-state index contributed by atoms with van der Waals surface area (Å²) in [6.45, 7) is 11.8. The predicted octanol–water partition coefficient (Wildman–Crippen LogP) is 1.28. The smallest absolute Gasteiger partial charge is 0.410 e. The molecule has 0 radical (unpaired) electrons. The summed E-state index contributed by atoms with van der Waals surface area (Å²) in [5.41, 5.74) is -0.499. The van der Waals surface area contributed by atoms with Crippen LogP contribution in [0.2, 0.25) is 0 Å². The van der Waals surface area contributed by atoms with Crippen molar-refractivity contribution in [2.45, 2.75) is 52.7 Å². The first-order chi connectivity index (χ1) is 12.0. The van der Waals surface area contributed by atoms with Gasteiger partial charge in [0.1, 0.15) is 12.1 Å². The number of aliphatic imine (C=N–C) groups is 1. The number of hydrogen-bond acceptors (Lipinski definition) is 4. The minimum Gasteiger partial charge on any atom is -0.444 e. The first-order valence-corrected chi connectivity index (χ1v) is 9.21. The van der Waals surface area contributed by atoms with Crippen LogP contribution in [-0.2, 0) is 9.53 Å². The van der Waals surface area contributed by atoms with E-state index in [1.807, 2.05) is 20.8 Å². The van der Waals surface area contributed by atoms with Gasteiger partial charge in [0.2, 0.25) is 5.91 Å². The van der Waals surface area contributed by atoms with Crippen molar-refractivity contribution in [3.05, 3.63) is 0 Å². The molecule has 0 bridgehead atoms. The van der Waals surface area contributed by atoms with Crippen LogP contribution in [0.3, 0.4) is 0 Å². The zero-order chi connectivity index (χ0) is 19.9. The molecule has 150 valence electrons. The summed E-state index contributed by atoms with van der Waals surface area (Å²) in [4.78, 5) is 31.6. The van der Waals surface area contributed by atoms with Gasteiger partial charge in [-0.15, -0.1) is 0 Å². The van der Waals surface area contributed by atoms with E-state index < -0.39 is 5.60 Å². The van der Waals surface area contributed by atoms with E-state index in [9.17, 15) is 9.59 Å². The fourth-order valence-electron chi connectivity index (χ4n) is 2.31. The van der Waals surface area contributed by atoms with Crippen LogP contribution in [0.1, 0.15) is 41.0 Å². The summed E-state index contributed by atoms with van der Waals surface area (Å²) >= 11 is 0. The molecule has 26 heavy (non-hydrogen) atoms. The van der Waals surface area contributed by atoms with E-state index in [1.54, 1.807) is 19.0 Å². The molecule has 0 aromatic rings. The van der Waals surface area contributed by atoms with Gasteiger partial charge in [-0.1, -0.05) is 13.8 Å². The number of rotatable bonds is 5. The highest BCUT2D eigenvalue weighted by Crippen LogP contribution is 2.15. The van der Waals surface area contributed by atoms with E-state index in [1.165, 1.54) is 4.90 Å². The number of nitrogens with one attached hydrogen (secondary N) is 2. The van der Waals surface area contributed by atoms with Crippen molar-refractivity contribution in [1.82, 2.24) is 20.4 Å². The van der Waals surface area contributed by atoms with Crippen LogP contribution in [0.4, 0.5) is 4.79 Å². The standard InChI is InChI=1S/C18H35N5O3/c1-13(2)10-19-16(20-11-15(24)22(6)7)21-14-8-9-23(12-14)17(25)26-18(3,4)5/h13-14H,8-12H2,1-7H3,(H2,19,20,21). The van der Waals surface area contributed by atoms with Crippen LogP contribution in [0.15, 0.2) is 4.99 Å².